The van der Waals surface area contributed by atoms with Crippen molar-refractivity contribution in [2.75, 3.05) is 0 Å². The zero-order valence-corrected chi connectivity index (χ0v) is 28.0. The van der Waals surface area contributed by atoms with Crippen LogP contribution < -0.4 is 4.74 Å². The highest BCUT2D eigenvalue weighted by Gasteiger charge is 2.51. The van der Waals surface area contributed by atoms with E-state index in [1.165, 1.54) is 0 Å². The van der Waals surface area contributed by atoms with Crippen LogP contribution in [0.2, 0.25) is 0 Å². The van der Waals surface area contributed by atoms with Crippen LogP contribution >= 0.6 is 0 Å². The van der Waals surface area contributed by atoms with Crippen molar-refractivity contribution < 1.29 is 4.74 Å². The van der Waals surface area contributed by atoms with Crippen molar-refractivity contribution in [3.8, 4) is 73.7 Å². The summed E-state index contributed by atoms with van der Waals surface area (Å²) in [4.78, 5) is 10.4. The molecule has 4 heteroatoms. The summed E-state index contributed by atoms with van der Waals surface area (Å²) < 4.78 is 6.55. The molecule has 242 valence electrons. The fourth-order valence-electron chi connectivity index (χ4n) is 8.08. The highest BCUT2D eigenvalue weighted by Crippen LogP contribution is 2.62. The van der Waals surface area contributed by atoms with E-state index in [2.05, 4.69) is 127 Å². The fourth-order valence-corrected chi connectivity index (χ4v) is 8.08. The van der Waals surface area contributed by atoms with Crippen molar-refractivity contribution in [2.24, 2.45) is 0 Å². The number of hydrogen-bond donors (Lipinski definition) is 0. The smallest absolute Gasteiger partial charge is 0.160 e. The first-order chi connectivity index (χ1) is 25.7. The van der Waals surface area contributed by atoms with Gasteiger partial charge in [0.1, 0.15) is 11.5 Å². The van der Waals surface area contributed by atoms with Gasteiger partial charge in [0.25, 0.3) is 0 Å². The molecule has 0 bridgehead atoms. The van der Waals surface area contributed by atoms with Crippen LogP contribution in [-0.4, -0.2) is 9.97 Å². The van der Waals surface area contributed by atoms with E-state index in [1.807, 2.05) is 54.6 Å². The van der Waals surface area contributed by atoms with Crippen LogP contribution in [0.5, 0.6) is 11.5 Å². The van der Waals surface area contributed by atoms with E-state index in [9.17, 15) is 5.26 Å². The predicted octanol–water partition coefficient (Wildman–Crippen LogP) is 11.5. The van der Waals surface area contributed by atoms with Crippen molar-refractivity contribution in [1.29, 1.82) is 5.26 Å². The Kier molecular flexibility index (Phi) is 6.74. The number of fused-ring (bicyclic) bond motifs is 9. The van der Waals surface area contributed by atoms with Gasteiger partial charge in [0.15, 0.2) is 5.82 Å². The number of ether oxygens (including phenoxy) is 1. The predicted molar refractivity (Wildman–Crippen MR) is 206 cm³/mol. The second-order valence-electron chi connectivity index (χ2n) is 13.3. The molecule has 0 amide bonds. The second kappa shape index (κ2) is 11.8. The molecule has 1 aliphatic carbocycles. The van der Waals surface area contributed by atoms with Crippen LogP contribution in [0.4, 0.5) is 0 Å². The number of para-hydroxylation sites is 2. The van der Waals surface area contributed by atoms with Crippen LogP contribution in [0.3, 0.4) is 0 Å². The summed E-state index contributed by atoms with van der Waals surface area (Å²) in [5.74, 6) is 2.28. The van der Waals surface area contributed by atoms with Gasteiger partial charge in [-0.15, -0.1) is 0 Å². The first-order valence-electron chi connectivity index (χ1n) is 17.4. The van der Waals surface area contributed by atoms with Gasteiger partial charge in [0.05, 0.1) is 28.4 Å². The molecule has 52 heavy (non-hydrogen) atoms. The topological polar surface area (TPSA) is 58.8 Å². The van der Waals surface area contributed by atoms with Crippen molar-refractivity contribution in [3.05, 3.63) is 204 Å². The zero-order valence-electron chi connectivity index (χ0n) is 28.0. The van der Waals surface area contributed by atoms with E-state index >= 15 is 0 Å². The Morgan fingerprint density at radius 1 is 0.423 bits per heavy atom. The van der Waals surface area contributed by atoms with Crippen LogP contribution in [0.1, 0.15) is 27.8 Å². The molecule has 1 aliphatic heterocycles. The quantitative estimate of drug-likeness (QED) is 0.188. The van der Waals surface area contributed by atoms with Gasteiger partial charge in [-0.05, 0) is 75.8 Å². The normalized spacial score (nSPS) is 12.9. The fraction of sp³-hybridized carbons (Fsp3) is 0.0208. The van der Waals surface area contributed by atoms with Gasteiger partial charge in [0, 0.05) is 27.8 Å². The van der Waals surface area contributed by atoms with Crippen LogP contribution in [-0.2, 0) is 5.41 Å². The number of nitrogens with zero attached hydrogens (tertiary/aromatic N) is 3. The summed E-state index contributed by atoms with van der Waals surface area (Å²) in [6.07, 6.45) is 0. The van der Waals surface area contributed by atoms with Gasteiger partial charge in [-0.1, -0.05) is 133 Å². The second-order valence-corrected chi connectivity index (χ2v) is 13.3. The highest BCUT2D eigenvalue weighted by molar-refractivity contribution is 5.91. The molecule has 2 aliphatic rings. The molecule has 10 rings (SSSR count). The number of aromatic nitrogens is 2. The molecule has 0 radical (unpaired) electrons. The number of nitriles is 1. The van der Waals surface area contributed by atoms with E-state index < -0.39 is 5.41 Å². The lowest BCUT2D eigenvalue weighted by atomic mass is 9.65. The molecule has 0 unspecified atom stereocenters. The standard InChI is InChI=1S/C48H29N3O/c49-30-31-22-24-37-38-25-23-36(28-42(38)48(41(37)26-31)39-18-7-9-20-45(39)52-46-21-10-8-19-40(46)48)44-29-43(50-47(51-44)33-14-5-2-6-15-33)35-17-11-16-34(27-35)32-12-3-1-4-13-32/h1-29H. The van der Waals surface area contributed by atoms with Gasteiger partial charge in [0.2, 0.25) is 0 Å². The molecule has 7 aromatic carbocycles. The van der Waals surface area contributed by atoms with E-state index in [-0.39, 0.29) is 0 Å². The zero-order chi connectivity index (χ0) is 34.6. The summed E-state index contributed by atoms with van der Waals surface area (Å²) in [6, 6.07) is 62.9. The maximum Gasteiger partial charge on any atom is 0.160 e. The molecule has 0 fully saturated rings. The van der Waals surface area contributed by atoms with E-state index in [0.29, 0.717) is 11.4 Å². The molecule has 1 spiro atoms. The van der Waals surface area contributed by atoms with Crippen molar-refractivity contribution in [3.63, 3.8) is 0 Å². The van der Waals surface area contributed by atoms with Crippen LogP contribution in [0.15, 0.2) is 176 Å². The van der Waals surface area contributed by atoms with Gasteiger partial charge in [-0.25, -0.2) is 9.97 Å². The Bertz CT molecular complexity index is 2680. The third-order valence-corrected chi connectivity index (χ3v) is 10.4. The monoisotopic (exact) mass is 663 g/mol. The summed E-state index contributed by atoms with van der Waals surface area (Å²) in [7, 11) is 0. The number of rotatable bonds is 4. The molecule has 0 saturated heterocycles. The third-order valence-electron chi connectivity index (χ3n) is 10.4. The Balaban J connectivity index is 1.22. The molecule has 0 atom stereocenters. The first kappa shape index (κ1) is 29.8. The third kappa shape index (κ3) is 4.54. The lowest BCUT2D eigenvalue weighted by Crippen LogP contribution is -2.32. The Labute approximate surface area is 301 Å². The Morgan fingerprint density at radius 3 is 1.63 bits per heavy atom. The molecular formula is C48H29N3O. The van der Waals surface area contributed by atoms with Gasteiger partial charge >= 0.3 is 0 Å². The number of benzene rings is 7. The molecule has 8 aromatic rings. The largest absolute Gasteiger partial charge is 0.457 e. The molecule has 2 heterocycles. The molecular weight excluding hydrogens is 635 g/mol. The molecule has 0 saturated carbocycles. The Morgan fingerprint density at radius 2 is 0.962 bits per heavy atom. The van der Waals surface area contributed by atoms with Crippen LogP contribution in [0, 0.1) is 11.3 Å². The first-order valence-corrected chi connectivity index (χ1v) is 17.4. The maximum atomic E-state index is 10.1. The summed E-state index contributed by atoms with van der Waals surface area (Å²) in [5, 5.41) is 10.1. The molecule has 0 N–H and O–H groups in total. The minimum Gasteiger partial charge on any atom is -0.457 e. The van der Waals surface area contributed by atoms with Gasteiger partial charge in [-0.2, -0.15) is 5.26 Å². The average Bonchev–Trinajstić information content (AvgIpc) is 3.50. The SMILES string of the molecule is N#Cc1ccc2c(c1)C1(c3ccccc3Oc3ccccc31)c1cc(-c3cc(-c4cccc(-c5ccccc5)c4)nc(-c4ccccc4)n3)ccc1-2. The summed E-state index contributed by atoms with van der Waals surface area (Å²) in [5.41, 5.74) is 13.4. The average molecular weight is 664 g/mol. The maximum absolute atomic E-state index is 10.1. The summed E-state index contributed by atoms with van der Waals surface area (Å²) >= 11 is 0. The van der Waals surface area contributed by atoms with Crippen molar-refractivity contribution in [2.45, 2.75) is 5.41 Å². The van der Waals surface area contributed by atoms with Crippen molar-refractivity contribution >= 4 is 0 Å². The van der Waals surface area contributed by atoms with Gasteiger partial charge < -0.3 is 4.74 Å². The van der Waals surface area contributed by atoms with Crippen molar-refractivity contribution in [1.82, 2.24) is 9.97 Å². The minimum atomic E-state index is -0.707. The molecule has 4 nitrogen and oxygen atoms in total. The van der Waals surface area contributed by atoms with Gasteiger partial charge in [-0.3, -0.25) is 0 Å². The highest BCUT2D eigenvalue weighted by atomic mass is 16.5. The van der Waals surface area contributed by atoms with E-state index in [0.717, 1.165) is 84.1 Å². The van der Waals surface area contributed by atoms with Crippen LogP contribution in [0.25, 0.3) is 56.2 Å². The minimum absolute atomic E-state index is 0.623. The van der Waals surface area contributed by atoms with E-state index in [4.69, 9.17) is 14.7 Å². The lowest BCUT2D eigenvalue weighted by Gasteiger charge is -2.39. The number of hydrogen-bond acceptors (Lipinski definition) is 4. The Hall–Kier alpha value is -7.09. The lowest BCUT2D eigenvalue weighted by molar-refractivity contribution is 0.436. The van der Waals surface area contributed by atoms with E-state index in [1.54, 1.807) is 0 Å². The summed E-state index contributed by atoms with van der Waals surface area (Å²) in [6.45, 7) is 0. The molecule has 1 aromatic heterocycles.